The van der Waals surface area contributed by atoms with Crippen LogP contribution < -0.4 is 4.74 Å². The highest BCUT2D eigenvalue weighted by atomic mass is 16.5. The Balaban J connectivity index is 1.58. The molecule has 3 rings (SSSR count). The SMILES string of the molecule is CCc1cc(Cc2ccc(COc3ccccn3)cc2)no1. The van der Waals surface area contributed by atoms with Gasteiger partial charge in [0.25, 0.3) is 0 Å². The summed E-state index contributed by atoms with van der Waals surface area (Å²) in [4.78, 5) is 4.14. The first kappa shape index (κ1) is 14.3. The molecule has 4 heteroatoms. The summed E-state index contributed by atoms with van der Waals surface area (Å²) >= 11 is 0. The third kappa shape index (κ3) is 3.73. The zero-order chi connectivity index (χ0) is 15.2. The first-order valence-corrected chi connectivity index (χ1v) is 7.39. The molecule has 1 aromatic carbocycles. The maximum atomic E-state index is 5.63. The lowest BCUT2D eigenvalue weighted by Crippen LogP contribution is -1.97. The molecular formula is C18H18N2O2. The van der Waals surface area contributed by atoms with Crippen molar-refractivity contribution >= 4 is 0 Å². The molecule has 0 aliphatic carbocycles. The fourth-order valence-electron chi connectivity index (χ4n) is 2.16. The van der Waals surface area contributed by atoms with Crippen LogP contribution in [0.1, 0.15) is 29.5 Å². The van der Waals surface area contributed by atoms with E-state index in [9.17, 15) is 0 Å². The van der Waals surface area contributed by atoms with E-state index < -0.39 is 0 Å². The van der Waals surface area contributed by atoms with Gasteiger partial charge in [0.15, 0.2) is 0 Å². The van der Waals surface area contributed by atoms with E-state index in [0.29, 0.717) is 12.5 Å². The van der Waals surface area contributed by atoms with Gasteiger partial charge in [-0.3, -0.25) is 0 Å². The summed E-state index contributed by atoms with van der Waals surface area (Å²) in [5, 5.41) is 4.07. The summed E-state index contributed by atoms with van der Waals surface area (Å²) in [6.45, 7) is 2.57. The molecule has 0 N–H and O–H groups in total. The van der Waals surface area contributed by atoms with Crippen molar-refractivity contribution in [1.82, 2.24) is 10.1 Å². The standard InChI is InChI=1S/C18H18N2O2/c1-2-17-12-16(20-22-17)11-14-6-8-15(9-7-14)13-21-18-5-3-4-10-19-18/h3-10,12H,2,11,13H2,1H3. The number of hydrogen-bond acceptors (Lipinski definition) is 4. The summed E-state index contributed by atoms with van der Waals surface area (Å²) < 4.78 is 10.8. The average Bonchev–Trinajstić information content (AvgIpc) is 3.03. The largest absolute Gasteiger partial charge is 0.473 e. The third-order valence-electron chi connectivity index (χ3n) is 3.39. The Kier molecular flexibility index (Phi) is 4.49. The minimum absolute atomic E-state index is 0.515. The Hall–Kier alpha value is -2.62. The molecule has 0 aliphatic rings. The number of nitrogens with zero attached hydrogens (tertiary/aromatic N) is 2. The average molecular weight is 294 g/mol. The van der Waals surface area contributed by atoms with Gasteiger partial charge in [0, 0.05) is 31.2 Å². The maximum absolute atomic E-state index is 5.63. The fraction of sp³-hybridized carbons (Fsp3) is 0.222. The summed E-state index contributed by atoms with van der Waals surface area (Å²) in [6, 6.07) is 16.0. The van der Waals surface area contributed by atoms with Crippen molar-refractivity contribution < 1.29 is 9.26 Å². The Morgan fingerprint density at radius 3 is 2.55 bits per heavy atom. The van der Waals surface area contributed by atoms with Gasteiger partial charge in [-0.2, -0.15) is 0 Å². The summed E-state index contributed by atoms with van der Waals surface area (Å²) in [6.07, 6.45) is 3.38. The minimum Gasteiger partial charge on any atom is -0.473 e. The molecular weight excluding hydrogens is 276 g/mol. The van der Waals surface area contributed by atoms with Gasteiger partial charge >= 0.3 is 0 Å². The second-order valence-electron chi connectivity index (χ2n) is 5.09. The molecule has 0 aliphatic heterocycles. The monoisotopic (exact) mass is 294 g/mol. The van der Waals surface area contributed by atoms with Gasteiger partial charge < -0.3 is 9.26 Å². The van der Waals surface area contributed by atoms with Crippen LogP contribution in [-0.2, 0) is 19.4 Å². The predicted octanol–water partition coefficient (Wildman–Crippen LogP) is 3.80. The first-order chi connectivity index (χ1) is 10.8. The van der Waals surface area contributed by atoms with E-state index in [-0.39, 0.29) is 0 Å². The number of benzene rings is 1. The zero-order valence-corrected chi connectivity index (χ0v) is 12.5. The van der Waals surface area contributed by atoms with Crippen molar-refractivity contribution in [3.05, 3.63) is 77.3 Å². The molecule has 112 valence electrons. The second kappa shape index (κ2) is 6.89. The number of pyridine rings is 1. The molecule has 0 saturated carbocycles. The van der Waals surface area contributed by atoms with Crippen molar-refractivity contribution in [2.75, 3.05) is 0 Å². The van der Waals surface area contributed by atoms with Crippen LogP contribution in [0.15, 0.2) is 59.3 Å². The topological polar surface area (TPSA) is 48.2 Å². The number of ether oxygens (including phenoxy) is 1. The van der Waals surface area contributed by atoms with Crippen LogP contribution in [0.25, 0.3) is 0 Å². The van der Waals surface area contributed by atoms with Crippen molar-refractivity contribution in [2.24, 2.45) is 0 Å². The van der Waals surface area contributed by atoms with Crippen LogP contribution >= 0.6 is 0 Å². The highest BCUT2D eigenvalue weighted by Gasteiger charge is 2.04. The van der Waals surface area contributed by atoms with Gasteiger partial charge in [0.1, 0.15) is 12.4 Å². The van der Waals surface area contributed by atoms with E-state index >= 15 is 0 Å². The molecule has 22 heavy (non-hydrogen) atoms. The van der Waals surface area contributed by atoms with Gasteiger partial charge in [-0.15, -0.1) is 0 Å². The Morgan fingerprint density at radius 2 is 1.86 bits per heavy atom. The van der Waals surface area contributed by atoms with Gasteiger partial charge in [-0.05, 0) is 17.2 Å². The Morgan fingerprint density at radius 1 is 1.05 bits per heavy atom. The molecule has 0 fully saturated rings. The van der Waals surface area contributed by atoms with E-state index in [1.165, 1.54) is 5.56 Å². The predicted molar refractivity (Wildman–Crippen MR) is 83.7 cm³/mol. The number of rotatable bonds is 6. The van der Waals surface area contributed by atoms with Gasteiger partial charge in [-0.1, -0.05) is 42.4 Å². The number of hydrogen-bond donors (Lipinski definition) is 0. The van der Waals surface area contributed by atoms with Gasteiger partial charge in [-0.25, -0.2) is 4.98 Å². The normalized spacial score (nSPS) is 10.6. The van der Waals surface area contributed by atoms with E-state index in [4.69, 9.17) is 9.26 Å². The number of aryl methyl sites for hydroxylation is 1. The van der Waals surface area contributed by atoms with E-state index in [1.807, 2.05) is 24.3 Å². The lowest BCUT2D eigenvalue weighted by atomic mass is 10.1. The van der Waals surface area contributed by atoms with Crippen LogP contribution in [0, 0.1) is 0 Å². The van der Waals surface area contributed by atoms with Crippen molar-refractivity contribution in [2.45, 2.75) is 26.4 Å². The smallest absolute Gasteiger partial charge is 0.213 e. The Labute approximate surface area is 129 Å². The van der Waals surface area contributed by atoms with Crippen molar-refractivity contribution in [1.29, 1.82) is 0 Å². The molecule has 3 aromatic rings. The molecule has 0 radical (unpaired) electrons. The van der Waals surface area contributed by atoms with Crippen molar-refractivity contribution in [3.8, 4) is 5.88 Å². The quantitative estimate of drug-likeness (QED) is 0.693. The maximum Gasteiger partial charge on any atom is 0.213 e. The highest BCUT2D eigenvalue weighted by molar-refractivity contribution is 5.26. The summed E-state index contributed by atoms with van der Waals surface area (Å²) in [5.74, 6) is 1.57. The molecule has 0 atom stereocenters. The van der Waals surface area contributed by atoms with Crippen LogP contribution in [-0.4, -0.2) is 10.1 Å². The van der Waals surface area contributed by atoms with E-state index in [0.717, 1.165) is 29.9 Å². The molecule has 0 bridgehead atoms. The third-order valence-corrected chi connectivity index (χ3v) is 3.39. The zero-order valence-electron chi connectivity index (χ0n) is 12.5. The lowest BCUT2D eigenvalue weighted by molar-refractivity contribution is 0.294. The van der Waals surface area contributed by atoms with Gasteiger partial charge in [0.05, 0.1) is 5.69 Å². The molecule has 0 unspecified atom stereocenters. The second-order valence-corrected chi connectivity index (χ2v) is 5.09. The van der Waals surface area contributed by atoms with Crippen molar-refractivity contribution in [3.63, 3.8) is 0 Å². The van der Waals surface area contributed by atoms with Crippen LogP contribution in [0.3, 0.4) is 0 Å². The minimum atomic E-state index is 0.515. The first-order valence-electron chi connectivity index (χ1n) is 7.39. The van der Waals surface area contributed by atoms with Crippen LogP contribution in [0.4, 0.5) is 0 Å². The molecule has 0 spiro atoms. The van der Waals surface area contributed by atoms with Gasteiger partial charge in [0.2, 0.25) is 5.88 Å². The number of aromatic nitrogens is 2. The van der Waals surface area contributed by atoms with Crippen LogP contribution in [0.2, 0.25) is 0 Å². The molecule has 4 nitrogen and oxygen atoms in total. The molecule has 2 heterocycles. The van der Waals surface area contributed by atoms with Crippen LogP contribution in [0.5, 0.6) is 5.88 Å². The summed E-state index contributed by atoms with van der Waals surface area (Å²) in [5.41, 5.74) is 3.29. The van der Waals surface area contributed by atoms with E-state index in [1.54, 1.807) is 6.20 Å². The fourth-order valence-corrected chi connectivity index (χ4v) is 2.16. The molecule has 0 amide bonds. The molecule has 0 saturated heterocycles. The Bertz CT molecular complexity index is 705. The highest BCUT2D eigenvalue weighted by Crippen LogP contribution is 2.13. The lowest BCUT2D eigenvalue weighted by Gasteiger charge is -2.05. The van der Waals surface area contributed by atoms with E-state index in [2.05, 4.69) is 41.3 Å². The molecule has 2 aromatic heterocycles. The summed E-state index contributed by atoms with van der Waals surface area (Å²) in [7, 11) is 0.